The smallest absolute Gasteiger partial charge is 0.0842 e. The van der Waals surface area contributed by atoms with Crippen LogP contribution in [0.1, 0.15) is 31.4 Å². The first-order chi connectivity index (χ1) is 6.59. The van der Waals surface area contributed by atoms with Crippen molar-refractivity contribution >= 4 is 11.6 Å². The first-order valence-electron chi connectivity index (χ1n) is 5.01. The molecule has 0 radical (unpaired) electrons. The maximum Gasteiger partial charge on any atom is 0.0842 e. The molecule has 1 aliphatic rings. The van der Waals surface area contributed by atoms with Gasteiger partial charge in [-0.1, -0.05) is 24.4 Å². The molecule has 0 atom stereocenters. The van der Waals surface area contributed by atoms with Gasteiger partial charge in [0.05, 0.1) is 22.9 Å². The molecule has 0 amide bonds. The number of aryl methyl sites for hydroxylation is 1. The standard InChI is InChI=1S/C10H15ClN2O/c1-8-9(11)6-13(12-8)7-10(14)4-2-3-5-10/h6,14H,2-5,7H2,1H3. The maximum absolute atomic E-state index is 10.1. The van der Waals surface area contributed by atoms with Crippen LogP contribution in [-0.4, -0.2) is 20.5 Å². The van der Waals surface area contributed by atoms with Crippen LogP contribution < -0.4 is 0 Å². The van der Waals surface area contributed by atoms with E-state index in [1.165, 1.54) is 0 Å². The van der Waals surface area contributed by atoms with Gasteiger partial charge in [0.25, 0.3) is 0 Å². The molecule has 0 spiro atoms. The van der Waals surface area contributed by atoms with Crippen LogP contribution in [0, 0.1) is 6.92 Å². The van der Waals surface area contributed by atoms with E-state index in [1.54, 1.807) is 10.9 Å². The van der Waals surface area contributed by atoms with Crippen LogP contribution in [0.4, 0.5) is 0 Å². The zero-order valence-electron chi connectivity index (χ0n) is 8.33. The minimum Gasteiger partial charge on any atom is -0.388 e. The van der Waals surface area contributed by atoms with Crippen LogP contribution >= 0.6 is 11.6 Å². The van der Waals surface area contributed by atoms with Crippen LogP contribution in [0.2, 0.25) is 5.02 Å². The highest BCUT2D eigenvalue weighted by molar-refractivity contribution is 6.31. The molecular formula is C10H15ClN2O. The van der Waals surface area contributed by atoms with Gasteiger partial charge in [0.15, 0.2) is 0 Å². The summed E-state index contributed by atoms with van der Waals surface area (Å²) in [6.07, 6.45) is 5.77. The minimum atomic E-state index is -0.554. The lowest BCUT2D eigenvalue weighted by atomic mass is 10.0. The lowest BCUT2D eigenvalue weighted by molar-refractivity contribution is 0.0265. The number of aliphatic hydroxyl groups is 1. The van der Waals surface area contributed by atoms with E-state index in [0.29, 0.717) is 11.6 Å². The molecule has 1 aliphatic carbocycles. The van der Waals surface area contributed by atoms with Crippen LogP contribution in [0.3, 0.4) is 0 Å². The van der Waals surface area contributed by atoms with Crippen molar-refractivity contribution in [2.45, 2.75) is 44.8 Å². The second-order valence-electron chi connectivity index (χ2n) is 4.19. The summed E-state index contributed by atoms with van der Waals surface area (Å²) in [6.45, 7) is 2.44. The Balaban J connectivity index is 2.10. The van der Waals surface area contributed by atoms with Crippen molar-refractivity contribution in [3.8, 4) is 0 Å². The first kappa shape index (κ1) is 9.99. The molecule has 1 fully saturated rings. The zero-order chi connectivity index (χ0) is 10.2. The molecule has 1 heterocycles. The summed E-state index contributed by atoms with van der Waals surface area (Å²) in [6, 6.07) is 0. The van der Waals surface area contributed by atoms with Crippen LogP contribution in [0.15, 0.2) is 6.20 Å². The van der Waals surface area contributed by atoms with E-state index in [-0.39, 0.29) is 0 Å². The summed E-state index contributed by atoms with van der Waals surface area (Å²) < 4.78 is 1.75. The maximum atomic E-state index is 10.1. The van der Waals surface area contributed by atoms with E-state index in [2.05, 4.69) is 5.10 Å². The molecule has 4 heteroatoms. The average Bonchev–Trinajstić information content (AvgIpc) is 2.62. The molecule has 1 aromatic heterocycles. The monoisotopic (exact) mass is 214 g/mol. The zero-order valence-corrected chi connectivity index (χ0v) is 9.09. The van der Waals surface area contributed by atoms with Crippen LogP contribution in [0.5, 0.6) is 0 Å². The molecule has 1 saturated carbocycles. The van der Waals surface area contributed by atoms with Gasteiger partial charge >= 0.3 is 0 Å². The number of rotatable bonds is 2. The third-order valence-corrected chi connectivity index (χ3v) is 3.25. The number of hydrogen-bond donors (Lipinski definition) is 1. The second kappa shape index (κ2) is 3.55. The number of hydrogen-bond acceptors (Lipinski definition) is 2. The van der Waals surface area contributed by atoms with E-state index < -0.39 is 5.60 Å². The van der Waals surface area contributed by atoms with Crippen molar-refractivity contribution < 1.29 is 5.11 Å². The van der Waals surface area contributed by atoms with Gasteiger partial charge in [-0.2, -0.15) is 5.10 Å². The van der Waals surface area contributed by atoms with Gasteiger partial charge in [0, 0.05) is 6.20 Å². The molecule has 1 N–H and O–H groups in total. The molecular weight excluding hydrogens is 200 g/mol. The van der Waals surface area contributed by atoms with Crippen molar-refractivity contribution in [3.05, 3.63) is 16.9 Å². The van der Waals surface area contributed by atoms with Crippen molar-refractivity contribution in [1.82, 2.24) is 9.78 Å². The Morgan fingerprint density at radius 2 is 2.21 bits per heavy atom. The topological polar surface area (TPSA) is 38.0 Å². The molecule has 0 aromatic carbocycles. The molecule has 0 unspecified atom stereocenters. The highest BCUT2D eigenvalue weighted by atomic mass is 35.5. The SMILES string of the molecule is Cc1nn(CC2(O)CCCC2)cc1Cl. The Morgan fingerprint density at radius 3 is 2.71 bits per heavy atom. The van der Waals surface area contributed by atoms with Gasteiger partial charge in [-0.05, 0) is 19.8 Å². The Kier molecular flexibility index (Phi) is 2.54. The fourth-order valence-electron chi connectivity index (χ4n) is 2.07. The highest BCUT2D eigenvalue weighted by Crippen LogP contribution is 2.31. The van der Waals surface area contributed by atoms with Crippen molar-refractivity contribution in [2.75, 3.05) is 0 Å². The van der Waals surface area contributed by atoms with Crippen molar-refractivity contribution in [1.29, 1.82) is 0 Å². The van der Waals surface area contributed by atoms with Gasteiger partial charge < -0.3 is 5.11 Å². The van der Waals surface area contributed by atoms with E-state index in [1.807, 2.05) is 6.92 Å². The Hall–Kier alpha value is -0.540. The molecule has 2 rings (SSSR count). The Morgan fingerprint density at radius 1 is 1.57 bits per heavy atom. The van der Waals surface area contributed by atoms with Crippen molar-refractivity contribution in [2.24, 2.45) is 0 Å². The number of aromatic nitrogens is 2. The first-order valence-corrected chi connectivity index (χ1v) is 5.39. The Bertz CT molecular complexity index is 309. The van der Waals surface area contributed by atoms with E-state index in [0.717, 1.165) is 31.4 Å². The lowest BCUT2D eigenvalue weighted by Gasteiger charge is -2.21. The summed E-state index contributed by atoms with van der Waals surface area (Å²) in [5.74, 6) is 0. The normalized spacial score (nSPS) is 20.2. The molecule has 1 aromatic rings. The second-order valence-corrected chi connectivity index (χ2v) is 4.60. The molecule has 14 heavy (non-hydrogen) atoms. The van der Waals surface area contributed by atoms with Gasteiger partial charge in [-0.15, -0.1) is 0 Å². The molecule has 0 aliphatic heterocycles. The fraction of sp³-hybridized carbons (Fsp3) is 0.700. The van der Waals surface area contributed by atoms with E-state index >= 15 is 0 Å². The van der Waals surface area contributed by atoms with Gasteiger partial charge in [0.2, 0.25) is 0 Å². The molecule has 0 saturated heterocycles. The number of halogens is 1. The summed E-state index contributed by atoms with van der Waals surface area (Å²) in [7, 11) is 0. The minimum absolute atomic E-state index is 0.554. The summed E-state index contributed by atoms with van der Waals surface area (Å²) in [5.41, 5.74) is 0.273. The average molecular weight is 215 g/mol. The molecule has 78 valence electrons. The summed E-state index contributed by atoms with van der Waals surface area (Å²) in [5, 5.41) is 15.1. The fourth-order valence-corrected chi connectivity index (χ4v) is 2.22. The van der Waals surface area contributed by atoms with Crippen LogP contribution in [-0.2, 0) is 6.54 Å². The molecule has 3 nitrogen and oxygen atoms in total. The summed E-state index contributed by atoms with van der Waals surface area (Å²) in [4.78, 5) is 0. The Labute approximate surface area is 88.7 Å². The van der Waals surface area contributed by atoms with E-state index in [9.17, 15) is 5.11 Å². The summed E-state index contributed by atoms with van der Waals surface area (Å²) >= 11 is 5.90. The predicted octanol–water partition coefficient (Wildman–Crippen LogP) is 2.15. The van der Waals surface area contributed by atoms with E-state index in [4.69, 9.17) is 11.6 Å². The van der Waals surface area contributed by atoms with Crippen LogP contribution in [0.25, 0.3) is 0 Å². The van der Waals surface area contributed by atoms with Crippen molar-refractivity contribution in [3.63, 3.8) is 0 Å². The van der Waals surface area contributed by atoms with Gasteiger partial charge in [0.1, 0.15) is 0 Å². The number of nitrogens with zero attached hydrogens (tertiary/aromatic N) is 2. The third-order valence-electron chi connectivity index (χ3n) is 2.88. The highest BCUT2D eigenvalue weighted by Gasteiger charge is 2.31. The predicted molar refractivity (Wildman–Crippen MR) is 55.4 cm³/mol. The third kappa shape index (κ3) is 1.93. The van der Waals surface area contributed by atoms with Gasteiger partial charge in [-0.3, -0.25) is 4.68 Å². The lowest BCUT2D eigenvalue weighted by Crippen LogP contribution is -2.30. The quantitative estimate of drug-likeness (QED) is 0.819. The largest absolute Gasteiger partial charge is 0.388 e. The van der Waals surface area contributed by atoms with Gasteiger partial charge in [-0.25, -0.2) is 0 Å². The molecule has 0 bridgehead atoms.